The Bertz CT molecular complexity index is 2320. The van der Waals surface area contributed by atoms with Crippen LogP contribution in [0.1, 0.15) is 25.7 Å². The fourth-order valence-electron chi connectivity index (χ4n) is 8.49. The van der Waals surface area contributed by atoms with E-state index in [0.29, 0.717) is 26.2 Å². The van der Waals surface area contributed by atoms with Crippen molar-refractivity contribution in [3.8, 4) is 0 Å². The van der Waals surface area contributed by atoms with Crippen molar-refractivity contribution in [2.75, 3.05) is 165 Å². The zero-order valence-electron chi connectivity index (χ0n) is 43.9. The highest BCUT2D eigenvalue weighted by atomic mass is 16.3. The van der Waals surface area contributed by atoms with Crippen LogP contribution in [0.15, 0.2) is 84.9 Å². The lowest BCUT2D eigenvalue weighted by atomic mass is 10.1. The van der Waals surface area contributed by atoms with Gasteiger partial charge in [0.05, 0.1) is 52.9 Å². The lowest BCUT2D eigenvalue weighted by Gasteiger charge is -2.22. The van der Waals surface area contributed by atoms with Gasteiger partial charge >= 0.3 is 0 Å². The summed E-state index contributed by atoms with van der Waals surface area (Å²) in [6.07, 6.45) is 1.02. The Kier molecular flexibility index (Phi) is 27.7. The van der Waals surface area contributed by atoms with Crippen LogP contribution in [0.2, 0.25) is 0 Å². The van der Waals surface area contributed by atoms with Crippen molar-refractivity contribution in [2.24, 2.45) is 7.05 Å². The molecule has 0 aliphatic heterocycles. The molecule has 0 spiro atoms. The first-order valence-electron chi connectivity index (χ1n) is 25.8. The first-order chi connectivity index (χ1) is 36.9. The SMILES string of the molecule is CN(c1ccc(NCCC(=O)N(CCO)CCO)cc1)c1ccc(NCCC(=O)N(CCO)CCO)cc1.Cn1c2ccc(NCCC(=O)N(CCO)CCO)cc2c2cc(NCCC(=O)N(CCO)CCO)ccc21. The molecule has 0 unspecified atom stereocenters. The predicted molar refractivity (Wildman–Crippen MR) is 297 cm³/mol. The summed E-state index contributed by atoms with van der Waals surface area (Å²) in [4.78, 5) is 57.1. The number of benzene rings is 4. The zero-order chi connectivity index (χ0) is 55.2. The van der Waals surface area contributed by atoms with Crippen molar-refractivity contribution in [1.82, 2.24) is 24.2 Å². The number of rotatable bonds is 34. The van der Waals surface area contributed by atoms with Gasteiger partial charge in [-0.25, -0.2) is 0 Å². The maximum atomic E-state index is 12.4. The van der Waals surface area contributed by atoms with Crippen molar-refractivity contribution in [3.63, 3.8) is 0 Å². The summed E-state index contributed by atoms with van der Waals surface area (Å²) in [6, 6.07) is 27.8. The van der Waals surface area contributed by atoms with Gasteiger partial charge in [0.1, 0.15) is 0 Å². The number of hydrogen-bond donors (Lipinski definition) is 12. The Labute approximate surface area is 444 Å². The van der Waals surface area contributed by atoms with Crippen LogP contribution in [0.25, 0.3) is 21.8 Å². The van der Waals surface area contributed by atoms with E-state index in [1.54, 1.807) is 0 Å². The second-order valence-corrected chi connectivity index (χ2v) is 17.7. The molecule has 0 aliphatic carbocycles. The summed E-state index contributed by atoms with van der Waals surface area (Å²) >= 11 is 0. The van der Waals surface area contributed by atoms with Gasteiger partial charge in [-0.1, -0.05) is 0 Å². The molecule has 418 valence electrons. The number of carbonyl (C=O) groups is 4. The van der Waals surface area contributed by atoms with Crippen molar-refractivity contribution in [3.05, 3.63) is 84.9 Å². The lowest BCUT2D eigenvalue weighted by molar-refractivity contribution is -0.132. The zero-order valence-corrected chi connectivity index (χ0v) is 43.9. The van der Waals surface area contributed by atoms with Gasteiger partial charge in [-0.2, -0.15) is 0 Å². The normalized spacial score (nSPS) is 10.9. The highest BCUT2D eigenvalue weighted by Crippen LogP contribution is 2.32. The van der Waals surface area contributed by atoms with E-state index in [1.165, 1.54) is 19.6 Å². The third-order valence-corrected chi connectivity index (χ3v) is 12.6. The highest BCUT2D eigenvalue weighted by molar-refractivity contribution is 6.10. The molecule has 12 N–H and O–H groups in total. The third-order valence-electron chi connectivity index (χ3n) is 12.6. The number of aryl methyl sites for hydroxylation is 1. The van der Waals surface area contributed by atoms with Crippen LogP contribution in [-0.4, -0.2) is 227 Å². The molecular formula is C54H80N10O12. The van der Waals surface area contributed by atoms with Crippen LogP contribution in [0.4, 0.5) is 34.1 Å². The number of aromatic nitrogens is 1. The van der Waals surface area contributed by atoms with Crippen molar-refractivity contribution < 1.29 is 60.0 Å². The molecule has 4 aromatic carbocycles. The highest BCUT2D eigenvalue weighted by Gasteiger charge is 2.17. The van der Waals surface area contributed by atoms with Crippen LogP contribution in [0, 0.1) is 0 Å². The Morgan fingerprint density at radius 2 is 0.618 bits per heavy atom. The molecule has 0 aliphatic rings. The molecule has 1 aromatic heterocycles. The van der Waals surface area contributed by atoms with Crippen molar-refractivity contribution >= 4 is 79.6 Å². The number of aliphatic hydroxyl groups is 8. The Hall–Kier alpha value is -6.76. The molecule has 1 heterocycles. The van der Waals surface area contributed by atoms with Gasteiger partial charge in [0.2, 0.25) is 23.6 Å². The Morgan fingerprint density at radius 3 is 0.868 bits per heavy atom. The van der Waals surface area contributed by atoms with E-state index in [2.05, 4.69) is 38.0 Å². The van der Waals surface area contributed by atoms with E-state index in [4.69, 9.17) is 40.9 Å². The number of anilines is 6. The number of hydrogen-bond acceptors (Lipinski definition) is 17. The minimum atomic E-state index is -0.143. The molecule has 76 heavy (non-hydrogen) atoms. The minimum absolute atomic E-state index is 0.119. The average molecular weight is 1060 g/mol. The summed E-state index contributed by atoms with van der Waals surface area (Å²) in [5, 5.41) is 87.9. The van der Waals surface area contributed by atoms with Gasteiger partial charge in [-0.3, -0.25) is 19.2 Å². The van der Waals surface area contributed by atoms with Gasteiger partial charge in [0.25, 0.3) is 0 Å². The molecular weight excluding hydrogens is 981 g/mol. The first kappa shape index (κ1) is 61.8. The third kappa shape index (κ3) is 19.4. The largest absolute Gasteiger partial charge is 0.395 e. The number of nitrogens with zero attached hydrogens (tertiary/aromatic N) is 6. The second kappa shape index (κ2) is 34.0. The molecule has 0 atom stereocenters. The number of aliphatic hydroxyl groups excluding tert-OH is 8. The fraction of sp³-hybridized carbons (Fsp3) is 0.481. The maximum Gasteiger partial charge on any atom is 0.224 e. The molecule has 0 fully saturated rings. The Morgan fingerprint density at radius 1 is 0.382 bits per heavy atom. The van der Waals surface area contributed by atoms with E-state index in [0.717, 1.165) is 55.9 Å². The van der Waals surface area contributed by atoms with E-state index in [1.807, 2.05) is 91.8 Å². The summed E-state index contributed by atoms with van der Waals surface area (Å²) in [6.45, 7) is 2.31. The van der Waals surface area contributed by atoms with Crippen LogP contribution in [-0.2, 0) is 26.2 Å². The molecule has 0 bridgehead atoms. The first-order valence-corrected chi connectivity index (χ1v) is 25.8. The van der Waals surface area contributed by atoms with Gasteiger partial charge in [0.15, 0.2) is 0 Å². The van der Waals surface area contributed by atoms with E-state index in [9.17, 15) is 19.2 Å². The van der Waals surface area contributed by atoms with E-state index < -0.39 is 0 Å². The summed E-state index contributed by atoms with van der Waals surface area (Å²) in [7, 11) is 3.98. The van der Waals surface area contributed by atoms with Crippen LogP contribution in [0.5, 0.6) is 0 Å². The molecule has 4 amide bonds. The lowest BCUT2D eigenvalue weighted by Crippen LogP contribution is -2.36. The monoisotopic (exact) mass is 1060 g/mol. The summed E-state index contributed by atoms with van der Waals surface area (Å²) in [5.41, 5.74) is 7.64. The molecule has 0 saturated heterocycles. The smallest absolute Gasteiger partial charge is 0.224 e. The fourth-order valence-corrected chi connectivity index (χ4v) is 8.49. The van der Waals surface area contributed by atoms with Gasteiger partial charge in [0, 0.05) is 174 Å². The van der Waals surface area contributed by atoms with Crippen molar-refractivity contribution in [1.29, 1.82) is 0 Å². The van der Waals surface area contributed by atoms with Gasteiger partial charge in [-0.15, -0.1) is 0 Å². The maximum absolute atomic E-state index is 12.4. The number of carbonyl (C=O) groups excluding carboxylic acids is 4. The van der Waals surface area contributed by atoms with Gasteiger partial charge < -0.3 is 91.2 Å². The molecule has 22 nitrogen and oxygen atoms in total. The molecule has 5 aromatic rings. The van der Waals surface area contributed by atoms with Gasteiger partial charge in [-0.05, 0) is 84.9 Å². The van der Waals surface area contributed by atoms with E-state index in [-0.39, 0.29) is 155 Å². The predicted octanol–water partition coefficient (Wildman–Crippen LogP) is 1.25. The van der Waals surface area contributed by atoms with Crippen LogP contribution >= 0.6 is 0 Å². The molecule has 5 rings (SSSR count). The van der Waals surface area contributed by atoms with Crippen molar-refractivity contribution in [2.45, 2.75) is 25.7 Å². The topological polar surface area (TPSA) is 299 Å². The number of fused-ring (bicyclic) bond motifs is 3. The molecule has 0 radical (unpaired) electrons. The molecule has 0 saturated carbocycles. The minimum Gasteiger partial charge on any atom is -0.395 e. The second-order valence-electron chi connectivity index (χ2n) is 17.7. The molecule has 22 heteroatoms. The summed E-state index contributed by atoms with van der Waals surface area (Å²) in [5.74, 6) is -0.493. The van der Waals surface area contributed by atoms with E-state index >= 15 is 0 Å². The number of amides is 4. The van der Waals surface area contributed by atoms with Crippen LogP contribution < -0.4 is 26.2 Å². The Balaban J connectivity index is 0.000000328. The quantitative estimate of drug-likeness (QED) is 0.0276. The summed E-state index contributed by atoms with van der Waals surface area (Å²) < 4.78 is 2.12. The standard InChI is InChI=1S/C27H39N5O6.C27H41N5O6/c1-30-24-4-2-20(28-8-6-26(37)31(10-14-33)11-15-34)18-22(24)23-19-21(3-5-25(23)30)29-9-7-27(38)32(12-16-35)13-17-36;1-30(24-6-2-22(3-7-24)28-12-10-26(37)31(14-18-33)15-19-34)25-8-4-23(5-9-25)29-13-11-27(38)32(16-20-35)17-21-36/h2-5,18-19,28-29,33-36H,6-17H2,1H3;2-9,28-29,33-36H,10-21H2,1H3. The number of nitrogens with one attached hydrogen (secondary N) is 4. The average Bonchev–Trinajstić information content (AvgIpc) is 3.72. The van der Waals surface area contributed by atoms with Crippen LogP contribution in [0.3, 0.4) is 0 Å².